The molecule has 0 radical (unpaired) electrons. The lowest BCUT2D eigenvalue weighted by molar-refractivity contribution is 0.0999. The van der Waals surface area contributed by atoms with Crippen molar-refractivity contribution in [2.24, 2.45) is 5.73 Å². The zero-order chi connectivity index (χ0) is 12.4. The minimum Gasteiger partial charge on any atom is -0.366 e. The van der Waals surface area contributed by atoms with Crippen LogP contribution < -0.4 is 5.73 Å². The number of halogens is 1. The topological polar surface area (TPSA) is 56.0 Å². The predicted octanol–water partition coefficient (Wildman–Crippen LogP) is 2.30. The summed E-state index contributed by atoms with van der Waals surface area (Å²) < 4.78 is 13.4. The second-order valence-corrected chi connectivity index (χ2v) is 3.71. The first-order chi connectivity index (χ1) is 8.09. The molecule has 0 spiro atoms. The van der Waals surface area contributed by atoms with Crippen LogP contribution in [0.15, 0.2) is 36.5 Å². The Morgan fingerprint density at radius 2 is 2.12 bits per heavy atom. The Labute approximate surface area is 98.1 Å². The first kappa shape index (κ1) is 11.3. The molecule has 0 saturated heterocycles. The number of nitrogens with zero attached hydrogens (tertiary/aromatic N) is 1. The molecule has 0 aliphatic heterocycles. The van der Waals surface area contributed by atoms with Crippen molar-refractivity contribution in [1.82, 2.24) is 4.98 Å². The Bertz CT molecular complexity index is 567. The molecule has 1 amide bonds. The Morgan fingerprint density at radius 3 is 2.71 bits per heavy atom. The van der Waals surface area contributed by atoms with Gasteiger partial charge in [0.05, 0.1) is 5.69 Å². The Hall–Kier alpha value is -2.23. The first-order valence-electron chi connectivity index (χ1n) is 5.11. The zero-order valence-corrected chi connectivity index (χ0v) is 9.27. The maximum Gasteiger partial charge on any atom is 0.249 e. The number of hydrogen-bond donors (Lipinski definition) is 1. The number of nitrogens with two attached hydrogens (primary N) is 1. The largest absolute Gasteiger partial charge is 0.366 e. The number of rotatable bonds is 2. The van der Waals surface area contributed by atoms with Crippen molar-refractivity contribution in [3.05, 3.63) is 53.5 Å². The summed E-state index contributed by atoms with van der Waals surface area (Å²) in [6.07, 6.45) is 1.61. The molecule has 1 aromatic carbocycles. The van der Waals surface area contributed by atoms with E-state index in [1.165, 1.54) is 6.07 Å². The van der Waals surface area contributed by atoms with Gasteiger partial charge in [-0.2, -0.15) is 0 Å². The van der Waals surface area contributed by atoms with E-state index in [1.807, 2.05) is 0 Å². The molecular weight excluding hydrogens is 219 g/mol. The van der Waals surface area contributed by atoms with Gasteiger partial charge in [-0.25, -0.2) is 4.39 Å². The Balaban J connectivity index is 2.67. The van der Waals surface area contributed by atoms with E-state index in [2.05, 4.69) is 4.98 Å². The van der Waals surface area contributed by atoms with Gasteiger partial charge in [-0.3, -0.25) is 9.78 Å². The van der Waals surface area contributed by atoms with Crippen molar-refractivity contribution in [2.45, 2.75) is 6.92 Å². The lowest BCUT2D eigenvalue weighted by Crippen LogP contribution is -2.13. The third-order valence-corrected chi connectivity index (χ3v) is 2.58. The highest BCUT2D eigenvalue weighted by atomic mass is 19.1. The molecular formula is C13H11FN2O. The van der Waals surface area contributed by atoms with Crippen molar-refractivity contribution in [3.63, 3.8) is 0 Å². The van der Waals surface area contributed by atoms with Crippen LogP contribution in [0.2, 0.25) is 0 Å². The number of amides is 1. The SMILES string of the molecule is Cc1c(C(N)=O)cc(F)cc1-c1ccccn1. The fourth-order valence-electron chi connectivity index (χ4n) is 1.72. The number of benzene rings is 1. The van der Waals surface area contributed by atoms with Gasteiger partial charge in [0.1, 0.15) is 5.82 Å². The summed E-state index contributed by atoms with van der Waals surface area (Å²) >= 11 is 0. The average molecular weight is 230 g/mol. The van der Waals surface area contributed by atoms with Gasteiger partial charge in [0, 0.05) is 17.3 Å². The van der Waals surface area contributed by atoms with E-state index in [1.54, 1.807) is 31.3 Å². The molecule has 0 atom stereocenters. The van der Waals surface area contributed by atoms with E-state index in [0.29, 0.717) is 16.8 Å². The van der Waals surface area contributed by atoms with E-state index in [-0.39, 0.29) is 5.56 Å². The minimum atomic E-state index is -0.640. The molecule has 1 heterocycles. The van der Waals surface area contributed by atoms with Crippen LogP contribution in [0.1, 0.15) is 15.9 Å². The molecule has 0 bridgehead atoms. The van der Waals surface area contributed by atoms with E-state index in [9.17, 15) is 9.18 Å². The maximum absolute atomic E-state index is 13.4. The van der Waals surface area contributed by atoms with Crippen LogP contribution in [0.25, 0.3) is 11.3 Å². The van der Waals surface area contributed by atoms with E-state index in [0.717, 1.165) is 6.07 Å². The number of carbonyl (C=O) groups is 1. The van der Waals surface area contributed by atoms with Gasteiger partial charge >= 0.3 is 0 Å². The predicted molar refractivity (Wildman–Crippen MR) is 62.9 cm³/mol. The van der Waals surface area contributed by atoms with Crippen LogP contribution in [-0.2, 0) is 0 Å². The van der Waals surface area contributed by atoms with Gasteiger partial charge in [0.2, 0.25) is 5.91 Å². The van der Waals surface area contributed by atoms with Gasteiger partial charge in [0.25, 0.3) is 0 Å². The summed E-state index contributed by atoms with van der Waals surface area (Å²) in [4.78, 5) is 15.3. The summed E-state index contributed by atoms with van der Waals surface area (Å²) in [5.41, 5.74) is 7.23. The molecule has 3 nitrogen and oxygen atoms in total. The number of pyridine rings is 1. The van der Waals surface area contributed by atoms with Crippen molar-refractivity contribution in [1.29, 1.82) is 0 Å². The van der Waals surface area contributed by atoms with Crippen molar-refractivity contribution in [2.75, 3.05) is 0 Å². The second kappa shape index (κ2) is 4.33. The van der Waals surface area contributed by atoms with Crippen molar-refractivity contribution >= 4 is 5.91 Å². The van der Waals surface area contributed by atoms with Crippen LogP contribution >= 0.6 is 0 Å². The first-order valence-corrected chi connectivity index (χ1v) is 5.11. The molecule has 2 aromatic rings. The molecule has 0 fully saturated rings. The summed E-state index contributed by atoms with van der Waals surface area (Å²) in [7, 11) is 0. The molecule has 0 aliphatic rings. The number of carbonyl (C=O) groups excluding carboxylic acids is 1. The lowest BCUT2D eigenvalue weighted by atomic mass is 9.99. The summed E-state index contributed by atoms with van der Waals surface area (Å²) in [5.74, 6) is -1.13. The second-order valence-electron chi connectivity index (χ2n) is 3.71. The smallest absolute Gasteiger partial charge is 0.249 e. The van der Waals surface area contributed by atoms with Crippen LogP contribution in [0, 0.1) is 12.7 Å². The van der Waals surface area contributed by atoms with Gasteiger partial charge in [-0.15, -0.1) is 0 Å². The lowest BCUT2D eigenvalue weighted by Gasteiger charge is -2.09. The van der Waals surface area contributed by atoms with Gasteiger partial charge < -0.3 is 5.73 Å². The minimum absolute atomic E-state index is 0.186. The van der Waals surface area contributed by atoms with Crippen LogP contribution in [-0.4, -0.2) is 10.9 Å². The Kier molecular flexibility index (Phi) is 2.87. The molecule has 0 saturated carbocycles. The highest BCUT2D eigenvalue weighted by Gasteiger charge is 2.13. The summed E-state index contributed by atoms with van der Waals surface area (Å²) in [6.45, 7) is 1.73. The van der Waals surface area contributed by atoms with Crippen LogP contribution in [0.4, 0.5) is 4.39 Å². The number of primary amides is 1. The highest BCUT2D eigenvalue weighted by molar-refractivity contribution is 5.96. The van der Waals surface area contributed by atoms with Gasteiger partial charge in [-0.1, -0.05) is 6.07 Å². The van der Waals surface area contributed by atoms with Gasteiger partial charge in [-0.05, 0) is 36.8 Å². The van der Waals surface area contributed by atoms with Crippen LogP contribution in [0.3, 0.4) is 0 Å². The monoisotopic (exact) mass is 230 g/mol. The van der Waals surface area contributed by atoms with Crippen LogP contribution in [0.5, 0.6) is 0 Å². The van der Waals surface area contributed by atoms with E-state index in [4.69, 9.17) is 5.73 Å². The molecule has 17 heavy (non-hydrogen) atoms. The normalized spacial score (nSPS) is 10.2. The number of hydrogen-bond acceptors (Lipinski definition) is 2. The molecule has 2 rings (SSSR count). The van der Waals surface area contributed by atoms with Crippen molar-refractivity contribution < 1.29 is 9.18 Å². The quantitative estimate of drug-likeness (QED) is 0.860. The fourth-order valence-corrected chi connectivity index (χ4v) is 1.72. The molecule has 0 unspecified atom stereocenters. The fraction of sp³-hybridized carbons (Fsp3) is 0.0769. The molecule has 1 aromatic heterocycles. The van der Waals surface area contributed by atoms with Gasteiger partial charge in [0.15, 0.2) is 0 Å². The standard InChI is InChI=1S/C13H11FN2O/c1-8-10(12-4-2-3-5-16-12)6-9(14)7-11(8)13(15)17/h2-7H,1H3,(H2,15,17). The molecule has 86 valence electrons. The molecule has 4 heteroatoms. The Morgan fingerprint density at radius 1 is 1.35 bits per heavy atom. The average Bonchev–Trinajstić information content (AvgIpc) is 2.32. The third-order valence-electron chi connectivity index (χ3n) is 2.58. The third kappa shape index (κ3) is 2.15. The van der Waals surface area contributed by atoms with E-state index >= 15 is 0 Å². The van der Waals surface area contributed by atoms with E-state index < -0.39 is 11.7 Å². The van der Waals surface area contributed by atoms with Crippen molar-refractivity contribution in [3.8, 4) is 11.3 Å². The highest BCUT2D eigenvalue weighted by Crippen LogP contribution is 2.25. The summed E-state index contributed by atoms with van der Waals surface area (Å²) in [6, 6.07) is 7.82. The zero-order valence-electron chi connectivity index (χ0n) is 9.27. The molecule has 0 aliphatic carbocycles. The summed E-state index contributed by atoms with van der Waals surface area (Å²) in [5, 5.41) is 0. The molecule has 2 N–H and O–H groups in total. The number of aromatic nitrogens is 1. The maximum atomic E-state index is 13.4.